The van der Waals surface area contributed by atoms with Crippen LogP contribution in [0, 0.1) is 39.5 Å². The van der Waals surface area contributed by atoms with Crippen LogP contribution in [0.3, 0.4) is 0 Å². The van der Waals surface area contributed by atoms with Crippen molar-refractivity contribution in [3.05, 3.63) is 205 Å². The molecule has 2 heterocycles. The van der Waals surface area contributed by atoms with Gasteiger partial charge in [0.1, 0.15) is 11.5 Å². The van der Waals surface area contributed by atoms with Gasteiger partial charge in [0.15, 0.2) is 0 Å². The fraction of sp³-hybridized carbons (Fsp3) is 0.405. The Kier molecular flexibility index (Phi) is 20.3. The van der Waals surface area contributed by atoms with E-state index in [0.29, 0.717) is 11.5 Å². The van der Waals surface area contributed by atoms with Crippen molar-refractivity contribution < 1.29 is 36.1 Å². The predicted octanol–water partition coefficient (Wildman–Crippen LogP) is 24.4. The van der Waals surface area contributed by atoms with Gasteiger partial charge in [-0.15, -0.1) is 0 Å². The summed E-state index contributed by atoms with van der Waals surface area (Å²) in [4.78, 5) is 0. The van der Waals surface area contributed by atoms with Gasteiger partial charge >= 0.3 is 0 Å². The van der Waals surface area contributed by atoms with Crippen LogP contribution in [-0.2, 0) is 58.3 Å². The maximum Gasteiger partial charge on any atom is 0.147 e. The Morgan fingerprint density at radius 2 is 0.573 bits per heavy atom. The molecule has 0 aliphatic carbocycles. The van der Waals surface area contributed by atoms with E-state index < -0.39 is 0 Å². The minimum absolute atomic E-state index is 0. The van der Waals surface area contributed by atoms with E-state index in [9.17, 15) is 10.2 Å². The molecule has 0 spiro atoms. The van der Waals surface area contributed by atoms with Gasteiger partial charge in [-0.1, -0.05) is 236 Å². The summed E-state index contributed by atoms with van der Waals surface area (Å²) in [5.74, 6) is 0.638. The van der Waals surface area contributed by atoms with Crippen molar-refractivity contribution in [1.29, 1.82) is 0 Å². The van der Waals surface area contributed by atoms with E-state index in [4.69, 9.17) is 0 Å². The van der Waals surface area contributed by atoms with Gasteiger partial charge in [-0.25, -0.2) is 0 Å². The summed E-state index contributed by atoms with van der Waals surface area (Å²) in [7, 11) is 0. The van der Waals surface area contributed by atoms with Gasteiger partial charge < -0.3 is 34.2 Å². The monoisotopic (exact) mass is 1360 g/mol. The molecule has 0 saturated heterocycles. The Hall–Kier alpha value is -6.17. The van der Waals surface area contributed by atoms with E-state index in [1.165, 1.54) is 66.1 Å². The second-order valence-corrected chi connectivity index (χ2v) is 33.4. The van der Waals surface area contributed by atoms with E-state index in [2.05, 4.69) is 321 Å². The van der Waals surface area contributed by atoms with Gasteiger partial charge in [-0.3, -0.25) is 0 Å². The number of nitrogens with zero attached hydrogens (tertiary/aromatic N) is 2. The van der Waals surface area contributed by atoms with Crippen molar-refractivity contribution in [2.45, 2.75) is 212 Å². The van der Waals surface area contributed by atoms with Gasteiger partial charge in [0.2, 0.25) is 0 Å². The van der Waals surface area contributed by atoms with E-state index in [1.54, 1.807) is 0 Å². The molecule has 10 aromatic rings. The van der Waals surface area contributed by atoms with E-state index in [1.807, 2.05) is 0 Å². The van der Waals surface area contributed by atoms with Crippen LogP contribution in [0.15, 0.2) is 146 Å². The average Bonchev–Trinajstić information content (AvgIpc) is 2.01. The first kappa shape index (κ1) is 71.9. The molecule has 0 saturated carbocycles. The number of phenolic OH excluding ortho intramolecular Hbond substituents is 2. The zero-order chi connectivity index (χ0) is 63.4. The first-order chi connectivity index (χ1) is 39.5. The Morgan fingerprint density at radius 3 is 0.798 bits per heavy atom. The topological polar surface area (TPSA) is 50.3 Å². The normalized spacial score (nSPS) is 12.9. The van der Waals surface area contributed by atoms with Crippen molar-refractivity contribution in [3.63, 3.8) is 0 Å². The van der Waals surface area contributed by atoms with Gasteiger partial charge in [0.05, 0.1) is 33.4 Å². The summed E-state index contributed by atoms with van der Waals surface area (Å²) in [6.07, 6.45) is 2.04. The third-order valence-corrected chi connectivity index (χ3v) is 17.8. The summed E-state index contributed by atoms with van der Waals surface area (Å²) in [6, 6.07) is 53.4. The van der Waals surface area contributed by atoms with E-state index in [0.717, 1.165) is 68.5 Å². The second kappa shape index (κ2) is 25.1. The van der Waals surface area contributed by atoms with Crippen molar-refractivity contribution in [2.24, 2.45) is 10.8 Å². The van der Waals surface area contributed by atoms with E-state index >= 15 is 0 Å². The summed E-state index contributed by atoms with van der Waals surface area (Å²) in [5.41, 5.74) is 20.3. The summed E-state index contributed by atoms with van der Waals surface area (Å²) in [6.45, 7) is 54.7. The molecule has 0 atom stereocenters. The molecule has 0 aliphatic heterocycles. The number of hydrogen-bond acceptors (Lipinski definition) is 2. The maximum atomic E-state index is 12.2. The zero-order valence-corrected chi connectivity index (χ0v) is 63.2. The molecular weight excluding hydrogens is 1250 g/mol. The van der Waals surface area contributed by atoms with E-state index in [-0.39, 0.29) is 84.0 Å². The molecular formula is C84H108HfN2O2-2. The standard InChI is InChI=1S/2C41H51NO.2CH3.Hf/c2*1-26-14-13-15-27(20-26)31-23-30(41(11,12)25-38(2,3)4)24-36(37(31)43)42-34-18-16-28(39(5,6)7)21-32(34)33-22-29(40(8,9)10)17-19-35(33)42;;;/h2*13-24,43H,25H2,1-12H3;2*1H3;/q;;2*-1;. The molecule has 0 radical (unpaired) electrons. The van der Waals surface area contributed by atoms with Crippen molar-refractivity contribution in [3.8, 4) is 45.1 Å². The van der Waals surface area contributed by atoms with Crippen LogP contribution < -0.4 is 0 Å². The number of aryl methyl sites for hydroxylation is 2. The second-order valence-electron chi connectivity index (χ2n) is 33.4. The molecule has 2 aromatic heterocycles. The molecule has 0 aliphatic rings. The Balaban J connectivity index is 0.000000274. The summed E-state index contributed by atoms with van der Waals surface area (Å²) < 4.78 is 4.60. The number of fused-ring (bicyclic) bond motifs is 6. The first-order valence-electron chi connectivity index (χ1n) is 31.6. The van der Waals surface area contributed by atoms with Gasteiger partial charge in [0, 0.05) is 58.5 Å². The van der Waals surface area contributed by atoms with Crippen molar-refractivity contribution in [1.82, 2.24) is 9.13 Å². The van der Waals surface area contributed by atoms with Crippen LogP contribution >= 0.6 is 0 Å². The molecule has 0 fully saturated rings. The molecule has 5 heteroatoms. The minimum Gasteiger partial charge on any atom is -0.505 e. The molecule has 472 valence electrons. The summed E-state index contributed by atoms with van der Waals surface area (Å²) in [5, 5.41) is 29.3. The molecule has 8 aromatic carbocycles. The molecule has 4 nitrogen and oxygen atoms in total. The average molecular weight is 1360 g/mol. The van der Waals surface area contributed by atoms with Crippen molar-refractivity contribution in [2.75, 3.05) is 0 Å². The van der Waals surface area contributed by atoms with Gasteiger partial charge in [-0.05, 0) is 187 Å². The van der Waals surface area contributed by atoms with Crippen LogP contribution in [-0.4, -0.2) is 19.3 Å². The number of rotatable bonds is 8. The third-order valence-electron chi connectivity index (χ3n) is 17.8. The van der Waals surface area contributed by atoms with Crippen molar-refractivity contribution >= 4 is 43.6 Å². The zero-order valence-electron chi connectivity index (χ0n) is 59.6. The molecule has 89 heavy (non-hydrogen) atoms. The minimum atomic E-state index is -0.100. The predicted molar refractivity (Wildman–Crippen MR) is 387 cm³/mol. The van der Waals surface area contributed by atoms with Crippen LogP contribution in [0.1, 0.15) is 210 Å². The molecule has 0 unspecified atom stereocenters. The Morgan fingerprint density at radius 1 is 0.315 bits per heavy atom. The Bertz CT molecular complexity index is 3790. The first-order valence-corrected chi connectivity index (χ1v) is 31.6. The number of aromatic hydroxyl groups is 2. The molecule has 0 bridgehead atoms. The van der Waals surface area contributed by atoms with Crippen LogP contribution in [0.4, 0.5) is 0 Å². The Labute approximate surface area is 557 Å². The molecule has 0 amide bonds. The number of phenols is 2. The SMILES string of the molecule is Cc1cccc(-c2cc(C(C)(C)CC(C)(C)C)cc(-n3c4ccc(C(C)(C)C)cc4c4cc(C(C)(C)C)ccc43)c2O)c1.Cc1cccc(-c2cc(C(C)(C)CC(C)(C)C)cc(-n3c4ccc(C(C)(C)C)cc4c4cc(C(C)(C)C)ccc43)c2O)c1.[CH3-].[CH3-].[Hf]. The van der Waals surface area contributed by atoms with Crippen LogP contribution in [0.2, 0.25) is 0 Å². The van der Waals surface area contributed by atoms with Crippen LogP contribution in [0.5, 0.6) is 11.5 Å². The van der Waals surface area contributed by atoms with Crippen LogP contribution in [0.25, 0.3) is 77.2 Å². The van der Waals surface area contributed by atoms with Gasteiger partial charge in [0.25, 0.3) is 0 Å². The molecule has 2 N–H and O–H groups in total. The fourth-order valence-corrected chi connectivity index (χ4v) is 13.7. The number of benzene rings is 8. The maximum absolute atomic E-state index is 12.2. The quantitative estimate of drug-likeness (QED) is 0.118. The summed E-state index contributed by atoms with van der Waals surface area (Å²) >= 11 is 0. The number of hydrogen-bond donors (Lipinski definition) is 2. The van der Waals surface area contributed by atoms with Gasteiger partial charge in [-0.2, -0.15) is 0 Å². The molecule has 10 rings (SSSR count). The largest absolute Gasteiger partial charge is 0.505 e. The smallest absolute Gasteiger partial charge is 0.147 e. The fourth-order valence-electron chi connectivity index (χ4n) is 13.7. The third kappa shape index (κ3) is 15.1. The number of aromatic nitrogens is 2.